The second-order valence-electron chi connectivity index (χ2n) is 13.2. The van der Waals surface area contributed by atoms with Gasteiger partial charge in [-0.15, -0.1) is 0 Å². The van der Waals surface area contributed by atoms with Gasteiger partial charge >= 0.3 is 5.97 Å². The van der Waals surface area contributed by atoms with E-state index in [4.69, 9.17) is 33.3 Å². The standard InChI is InChI=1S/C39H47NO8/c1-2-43-38(41)33-34-37(45-25-30-19-11-5-12-20-30)35(44-24-29-17-9-4-10-18-29)31(26-42-23-28-15-7-3-8-16-28)40(34)48-36(33)32-27-46-39(47-32)21-13-6-14-22-39/h3-5,7-12,15-20,31-37H,2,6,13-14,21-27H2,1H3/t31-,32?,33+,34+,35+,36?,37+/m0/s1. The largest absolute Gasteiger partial charge is 0.466 e. The monoisotopic (exact) mass is 657 g/mol. The summed E-state index contributed by atoms with van der Waals surface area (Å²) in [6.45, 7) is 3.92. The molecule has 7 atom stereocenters. The van der Waals surface area contributed by atoms with E-state index in [-0.39, 0.29) is 18.6 Å². The normalized spacial score (nSPS) is 29.6. The Morgan fingerprint density at radius 1 is 0.792 bits per heavy atom. The van der Waals surface area contributed by atoms with Gasteiger partial charge in [0.1, 0.15) is 30.3 Å². The summed E-state index contributed by atoms with van der Waals surface area (Å²) < 4.78 is 38.7. The van der Waals surface area contributed by atoms with Crippen molar-refractivity contribution in [3.63, 3.8) is 0 Å². The molecule has 3 aromatic rings. The molecule has 0 radical (unpaired) electrons. The van der Waals surface area contributed by atoms with Gasteiger partial charge in [-0.2, -0.15) is 5.06 Å². The van der Waals surface area contributed by atoms with Crippen LogP contribution in [0.2, 0.25) is 0 Å². The summed E-state index contributed by atoms with van der Waals surface area (Å²) >= 11 is 0. The topological polar surface area (TPSA) is 84.9 Å². The number of nitrogens with zero attached hydrogens (tertiary/aromatic N) is 1. The first-order valence-electron chi connectivity index (χ1n) is 17.5. The Morgan fingerprint density at radius 2 is 1.38 bits per heavy atom. The van der Waals surface area contributed by atoms with E-state index in [0.717, 1.165) is 42.4 Å². The van der Waals surface area contributed by atoms with Gasteiger partial charge in [-0.1, -0.05) is 97.4 Å². The third-order valence-corrected chi connectivity index (χ3v) is 10.0. The maximum Gasteiger partial charge on any atom is 0.313 e. The van der Waals surface area contributed by atoms with Crippen molar-refractivity contribution in [2.75, 3.05) is 19.8 Å². The van der Waals surface area contributed by atoms with Crippen molar-refractivity contribution < 1.29 is 38.1 Å². The van der Waals surface area contributed by atoms with Crippen LogP contribution < -0.4 is 0 Å². The lowest BCUT2D eigenvalue weighted by molar-refractivity contribution is -0.236. The minimum Gasteiger partial charge on any atom is -0.466 e. The molecule has 3 heterocycles. The second-order valence-corrected chi connectivity index (χ2v) is 13.2. The van der Waals surface area contributed by atoms with Crippen LogP contribution in [0.1, 0.15) is 55.7 Å². The molecule has 4 fully saturated rings. The van der Waals surface area contributed by atoms with Crippen molar-refractivity contribution in [3.05, 3.63) is 108 Å². The zero-order chi connectivity index (χ0) is 32.8. The van der Waals surface area contributed by atoms with E-state index in [1.165, 1.54) is 6.42 Å². The Bertz CT molecular complexity index is 1440. The SMILES string of the molecule is CCOC(=O)[C@H]1C(C2COC3(CCCCC3)O2)ON2[C@H]1[C@@H](OCc1ccccc1)[C@H](OCc1ccccc1)[C@@H]2COCc1ccccc1. The van der Waals surface area contributed by atoms with Crippen LogP contribution in [0, 0.1) is 5.92 Å². The average Bonchev–Trinajstić information content (AvgIpc) is 3.79. The molecule has 3 saturated heterocycles. The van der Waals surface area contributed by atoms with Crippen molar-refractivity contribution in [2.24, 2.45) is 5.92 Å². The number of benzene rings is 3. The molecule has 3 aliphatic heterocycles. The molecule has 48 heavy (non-hydrogen) atoms. The van der Waals surface area contributed by atoms with Gasteiger partial charge in [0.25, 0.3) is 0 Å². The van der Waals surface area contributed by atoms with Gasteiger partial charge < -0.3 is 28.4 Å². The highest BCUT2D eigenvalue weighted by molar-refractivity contribution is 5.75. The predicted molar refractivity (Wildman–Crippen MR) is 177 cm³/mol. The molecule has 7 rings (SSSR count). The molecule has 1 aliphatic carbocycles. The number of rotatable bonds is 13. The molecule has 2 unspecified atom stereocenters. The van der Waals surface area contributed by atoms with Crippen LogP contribution in [0.3, 0.4) is 0 Å². The van der Waals surface area contributed by atoms with E-state index >= 15 is 0 Å². The van der Waals surface area contributed by atoms with Crippen molar-refractivity contribution in [2.45, 2.75) is 101 Å². The van der Waals surface area contributed by atoms with Crippen LogP contribution in [0.15, 0.2) is 91.0 Å². The third-order valence-electron chi connectivity index (χ3n) is 10.0. The molecular formula is C39H47NO8. The molecule has 0 bridgehead atoms. The molecule has 0 aromatic heterocycles. The number of esters is 1. The molecule has 0 amide bonds. The fraction of sp³-hybridized carbons (Fsp3) is 0.513. The first kappa shape index (κ1) is 33.4. The minimum atomic E-state index is -0.681. The first-order chi connectivity index (χ1) is 23.6. The zero-order valence-corrected chi connectivity index (χ0v) is 27.7. The van der Waals surface area contributed by atoms with E-state index in [1.54, 1.807) is 0 Å². The van der Waals surface area contributed by atoms with Gasteiger partial charge in [0.15, 0.2) is 5.79 Å². The molecule has 1 spiro atoms. The Labute approximate surface area is 283 Å². The van der Waals surface area contributed by atoms with Crippen LogP contribution >= 0.6 is 0 Å². The van der Waals surface area contributed by atoms with Gasteiger partial charge in [0.2, 0.25) is 0 Å². The van der Waals surface area contributed by atoms with Crippen molar-refractivity contribution in [1.29, 1.82) is 0 Å². The molecule has 4 aliphatic rings. The molecule has 1 saturated carbocycles. The van der Waals surface area contributed by atoms with E-state index < -0.39 is 42.2 Å². The van der Waals surface area contributed by atoms with Crippen LogP contribution in [0.4, 0.5) is 0 Å². The third kappa shape index (κ3) is 7.38. The smallest absolute Gasteiger partial charge is 0.313 e. The maximum atomic E-state index is 14.0. The zero-order valence-electron chi connectivity index (χ0n) is 27.7. The van der Waals surface area contributed by atoms with E-state index in [2.05, 4.69) is 0 Å². The summed E-state index contributed by atoms with van der Waals surface area (Å²) in [4.78, 5) is 20.8. The van der Waals surface area contributed by atoms with Crippen LogP contribution in [0.25, 0.3) is 0 Å². The lowest BCUT2D eigenvalue weighted by Crippen LogP contribution is -2.48. The number of hydroxylamine groups is 2. The highest BCUT2D eigenvalue weighted by Gasteiger charge is 2.65. The Hall–Kier alpha value is -3.15. The number of fused-ring (bicyclic) bond motifs is 1. The maximum absolute atomic E-state index is 14.0. The van der Waals surface area contributed by atoms with Crippen LogP contribution in [-0.4, -0.2) is 73.1 Å². The average molecular weight is 658 g/mol. The quantitative estimate of drug-likeness (QED) is 0.206. The summed E-state index contributed by atoms with van der Waals surface area (Å²) in [5.74, 6) is -1.62. The summed E-state index contributed by atoms with van der Waals surface area (Å²) in [5, 5.41) is 1.91. The summed E-state index contributed by atoms with van der Waals surface area (Å²) in [6.07, 6.45) is 2.98. The lowest BCUT2D eigenvalue weighted by atomic mass is 9.88. The molecule has 256 valence electrons. The van der Waals surface area contributed by atoms with E-state index in [9.17, 15) is 4.79 Å². The fourth-order valence-electron chi connectivity index (χ4n) is 7.71. The molecule has 0 N–H and O–H groups in total. The molecule has 3 aromatic carbocycles. The van der Waals surface area contributed by atoms with Crippen molar-refractivity contribution in [1.82, 2.24) is 5.06 Å². The first-order valence-corrected chi connectivity index (χ1v) is 17.5. The van der Waals surface area contributed by atoms with Gasteiger partial charge in [-0.25, -0.2) is 0 Å². The van der Waals surface area contributed by atoms with Gasteiger partial charge in [-0.05, 0) is 36.5 Å². The predicted octanol–water partition coefficient (Wildman–Crippen LogP) is 6.00. The second kappa shape index (κ2) is 15.6. The Morgan fingerprint density at radius 3 is 1.98 bits per heavy atom. The highest BCUT2D eigenvalue weighted by atomic mass is 16.8. The summed E-state index contributed by atoms with van der Waals surface area (Å²) in [7, 11) is 0. The number of carbonyl (C=O) groups is 1. The van der Waals surface area contributed by atoms with Crippen molar-refractivity contribution >= 4 is 5.97 Å². The highest BCUT2D eigenvalue weighted by Crippen LogP contribution is 2.47. The molecule has 9 nitrogen and oxygen atoms in total. The molecule has 9 heteroatoms. The Balaban J connectivity index is 1.20. The number of ether oxygens (including phenoxy) is 6. The lowest BCUT2D eigenvalue weighted by Gasteiger charge is -2.33. The Kier molecular flexibility index (Phi) is 10.8. The fourth-order valence-corrected chi connectivity index (χ4v) is 7.71. The van der Waals surface area contributed by atoms with Crippen LogP contribution in [0.5, 0.6) is 0 Å². The van der Waals surface area contributed by atoms with Gasteiger partial charge in [-0.3, -0.25) is 9.63 Å². The number of carbonyl (C=O) groups excluding carboxylic acids is 1. The number of hydrogen-bond acceptors (Lipinski definition) is 9. The van der Waals surface area contributed by atoms with E-state index in [1.807, 2.05) is 103 Å². The summed E-state index contributed by atoms with van der Waals surface area (Å²) in [6, 6.07) is 29.4. The number of hydrogen-bond donors (Lipinski definition) is 0. The van der Waals surface area contributed by atoms with Gasteiger partial charge in [0, 0.05) is 12.8 Å². The van der Waals surface area contributed by atoms with Crippen LogP contribution in [-0.2, 0) is 57.9 Å². The van der Waals surface area contributed by atoms with E-state index in [0.29, 0.717) is 33.0 Å². The van der Waals surface area contributed by atoms with Crippen molar-refractivity contribution in [3.8, 4) is 0 Å². The summed E-state index contributed by atoms with van der Waals surface area (Å²) in [5.41, 5.74) is 3.15. The van der Waals surface area contributed by atoms with Gasteiger partial charge in [0.05, 0.1) is 51.7 Å². The minimum absolute atomic E-state index is 0.258. The molecular weight excluding hydrogens is 610 g/mol.